The van der Waals surface area contributed by atoms with Crippen LogP contribution in [0.25, 0.3) is 0 Å². The Kier molecular flexibility index (Phi) is 6.69. The van der Waals surface area contributed by atoms with Crippen LogP contribution in [0, 0.1) is 5.92 Å². The highest BCUT2D eigenvalue weighted by Crippen LogP contribution is 2.30. The highest BCUT2D eigenvalue weighted by Gasteiger charge is 2.36. The average molecular weight is 428 g/mol. The van der Waals surface area contributed by atoms with Crippen molar-refractivity contribution in [2.75, 3.05) is 32.7 Å². The molecular formula is C20H30ClN3O3S. The fraction of sp³-hybridized carbons (Fsp3) is 0.650. The first-order chi connectivity index (χ1) is 13.2. The van der Waals surface area contributed by atoms with Crippen molar-refractivity contribution in [2.45, 2.75) is 50.6 Å². The maximum atomic E-state index is 12.8. The molecular weight excluding hydrogens is 398 g/mol. The van der Waals surface area contributed by atoms with Crippen molar-refractivity contribution in [3.8, 4) is 0 Å². The summed E-state index contributed by atoms with van der Waals surface area (Å²) >= 11 is 5.85. The molecule has 3 rings (SSSR count). The van der Waals surface area contributed by atoms with Crippen molar-refractivity contribution >= 4 is 27.5 Å². The molecule has 0 spiro atoms. The van der Waals surface area contributed by atoms with Gasteiger partial charge in [0.1, 0.15) is 0 Å². The van der Waals surface area contributed by atoms with Crippen LogP contribution < -0.4 is 0 Å². The van der Waals surface area contributed by atoms with Gasteiger partial charge < -0.3 is 4.90 Å². The van der Waals surface area contributed by atoms with Crippen LogP contribution in [0.15, 0.2) is 29.2 Å². The van der Waals surface area contributed by atoms with E-state index in [0.717, 1.165) is 12.8 Å². The Hall–Kier alpha value is -1.15. The van der Waals surface area contributed by atoms with Gasteiger partial charge in [-0.1, -0.05) is 25.4 Å². The lowest BCUT2D eigenvalue weighted by molar-refractivity contribution is -0.134. The van der Waals surface area contributed by atoms with Crippen molar-refractivity contribution in [3.05, 3.63) is 29.3 Å². The molecule has 28 heavy (non-hydrogen) atoms. The monoisotopic (exact) mass is 427 g/mol. The Morgan fingerprint density at radius 2 is 1.68 bits per heavy atom. The molecule has 1 aromatic rings. The Morgan fingerprint density at radius 3 is 2.18 bits per heavy atom. The minimum atomic E-state index is -3.55. The van der Waals surface area contributed by atoms with Crippen molar-refractivity contribution in [2.24, 2.45) is 5.92 Å². The summed E-state index contributed by atoms with van der Waals surface area (Å²) in [5, 5.41) is 0.505. The normalized spacial score (nSPS) is 20.0. The smallest absolute Gasteiger partial charge is 0.243 e. The molecule has 1 amide bonds. The van der Waals surface area contributed by atoms with E-state index >= 15 is 0 Å². The van der Waals surface area contributed by atoms with Crippen LogP contribution in [0.2, 0.25) is 5.02 Å². The zero-order valence-electron chi connectivity index (χ0n) is 16.8. The van der Waals surface area contributed by atoms with E-state index < -0.39 is 10.0 Å². The number of sulfonamides is 1. The second-order valence-corrected chi connectivity index (χ2v) is 10.5. The van der Waals surface area contributed by atoms with E-state index in [0.29, 0.717) is 55.7 Å². The maximum absolute atomic E-state index is 12.8. The molecule has 6 nitrogen and oxygen atoms in total. The lowest BCUT2D eigenvalue weighted by Crippen LogP contribution is -2.53. The number of benzene rings is 1. The Morgan fingerprint density at radius 1 is 1.11 bits per heavy atom. The summed E-state index contributed by atoms with van der Waals surface area (Å²) in [6.45, 7) is 8.48. The van der Waals surface area contributed by atoms with Crippen LogP contribution in [0.3, 0.4) is 0 Å². The van der Waals surface area contributed by atoms with Gasteiger partial charge in [-0.15, -0.1) is 0 Å². The quantitative estimate of drug-likeness (QED) is 0.671. The van der Waals surface area contributed by atoms with Gasteiger partial charge in [0.05, 0.1) is 11.4 Å². The summed E-state index contributed by atoms with van der Waals surface area (Å²) in [5.74, 6) is 0.595. The third-order valence-electron chi connectivity index (χ3n) is 5.86. The molecule has 0 aromatic heterocycles. The number of amides is 1. The van der Waals surface area contributed by atoms with E-state index in [1.54, 1.807) is 17.0 Å². The fourth-order valence-electron chi connectivity index (χ4n) is 3.58. The average Bonchev–Trinajstić information content (AvgIpc) is 3.51. The molecule has 1 aromatic carbocycles. The first-order valence-corrected chi connectivity index (χ1v) is 11.8. The van der Waals surface area contributed by atoms with Gasteiger partial charge in [-0.3, -0.25) is 9.69 Å². The van der Waals surface area contributed by atoms with Crippen molar-refractivity contribution < 1.29 is 13.2 Å². The van der Waals surface area contributed by atoms with E-state index in [1.807, 2.05) is 0 Å². The lowest BCUT2D eigenvalue weighted by Gasteiger charge is -2.37. The van der Waals surface area contributed by atoms with E-state index in [9.17, 15) is 13.2 Å². The number of carbonyl (C=O) groups is 1. The first-order valence-electron chi connectivity index (χ1n) is 9.99. The van der Waals surface area contributed by atoms with E-state index in [4.69, 9.17) is 11.6 Å². The maximum Gasteiger partial charge on any atom is 0.243 e. The molecule has 1 unspecified atom stereocenters. The Bertz CT molecular complexity index is 785. The van der Waals surface area contributed by atoms with Crippen LogP contribution >= 0.6 is 11.6 Å². The molecule has 0 radical (unpaired) electrons. The van der Waals surface area contributed by atoms with Gasteiger partial charge in [-0.25, -0.2) is 8.42 Å². The highest BCUT2D eigenvalue weighted by atomic mass is 35.5. The van der Waals surface area contributed by atoms with Gasteiger partial charge in [0.2, 0.25) is 15.9 Å². The van der Waals surface area contributed by atoms with Crippen LogP contribution in [-0.4, -0.2) is 73.2 Å². The number of rotatable bonds is 7. The zero-order chi connectivity index (χ0) is 20.5. The minimum absolute atomic E-state index is 0.0999. The van der Waals surface area contributed by atoms with Gasteiger partial charge in [-0.05, 0) is 49.9 Å². The number of hydrogen-bond donors (Lipinski definition) is 0. The Labute approximate surface area is 173 Å². The predicted octanol–water partition coefficient (Wildman–Crippen LogP) is 2.68. The summed E-state index contributed by atoms with van der Waals surface area (Å²) in [4.78, 5) is 17.2. The third-order valence-corrected chi connectivity index (χ3v) is 8.03. The van der Waals surface area contributed by atoms with Crippen LogP contribution in [0.4, 0.5) is 0 Å². The van der Waals surface area contributed by atoms with Crippen molar-refractivity contribution in [3.63, 3.8) is 0 Å². The summed E-state index contributed by atoms with van der Waals surface area (Å²) in [6.07, 6.45) is 2.33. The third kappa shape index (κ3) is 4.87. The van der Waals surface area contributed by atoms with Crippen LogP contribution in [0.5, 0.6) is 0 Å². The van der Waals surface area contributed by atoms with Crippen LogP contribution in [-0.2, 0) is 14.8 Å². The molecule has 1 saturated carbocycles. The first kappa shape index (κ1) is 21.6. The molecule has 2 fully saturated rings. The summed E-state index contributed by atoms with van der Waals surface area (Å²) in [6, 6.07) is 7.09. The van der Waals surface area contributed by atoms with E-state index in [2.05, 4.69) is 25.7 Å². The van der Waals surface area contributed by atoms with Gasteiger partial charge in [-0.2, -0.15) is 4.31 Å². The molecule has 1 aliphatic heterocycles. The van der Waals surface area contributed by atoms with Gasteiger partial charge in [0.25, 0.3) is 0 Å². The largest absolute Gasteiger partial charge is 0.339 e. The zero-order valence-corrected chi connectivity index (χ0v) is 18.4. The highest BCUT2D eigenvalue weighted by molar-refractivity contribution is 7.89. The fourth-order valence-corrected chi connectivity index (χ4v) is 5.13. The van der Waals surface area contributed by atoms with E-state index in [-0.39, 0.29) is 10.8 Å². The molecule has 156 valence electrons. The molecule has 0 N–H and O–H groups in total. The number of piperazine rings is 1. The number of nitrogens with zero attached hydrogens (tertiary/aromatic N) is 3. The van der Waals surface area contributed by atoms with Crippen LogP contribution in [0.1, 0.15) is 33.6 Å². The lowest BCUT2D eigenvalue weighted by atomic mass is 10.0. The second kappa shape index (κ2) is 8.69. The molecule has 1 saturated heterocycles. The van der Waals surface area contributed by atoms with Gasteiger partial charge >= 0.3 is 0 Å². The molecule has 0 bridgehead atoms. The number of halogens is 1. The number of hydrogen-bond acceptors (Lipinski definition) is 4. The standard InChI is InChI=1S/C20H30ClN3O3S/c1-15(2)16(3)24(18-6-7-18)14-20(25)22-10-12-23(13-11-22)28(26,27)19-8-4-17(21)5-9-19/h4-5,8-9,15-16,18H,6-7,10-14H2,1-3H3. The van der Waals surface area contributed by atoms with Gasteiger partial charge in [0.15, 0.2) is 0 Å². The van der Waals surface area contributed by atoms with E-state index in [1.165, 1.54) is 16.4 Å². The van der Waals surface area contributed by atoms with Crippen molar-refractivity contribution in [1.82, 2.24) is 14.1 Å². The molecule has 1 heterocycles. The Balaban J connectivity index is 1.58. The second-order valence-electron chi connectivity index (χ2n) is 8.13. The predicted molar refractivity (Wildman–Crippen MR) is 111 cm³/mol. The SMILES string of the molecule is CC(C)C(C)N(CC(=O)N1CCN(S(=O)(=O)c2ccc(Cl)cc2)CC1)C1CC1. The molecule has 1 aliphatic carbocycles. The summed E-state index contributed by atoms with van der Waals surface area (Å²) < 4.78 is 27.0. The van der Waals surface area contributed by atoms with Gasteiger partial charge in [0, 0.05) is 43.3 Å². The molecule has 1 atom stereocenters. The molecule has 8 heteroatoms. The van der Waals surface area contributed by atoms with Crippen molar-refractivity contribution in [1.29, 1.82) is 0 Å². The molecule has 2 aliphatic rings. The number of carbonyl (C=O) groups excluding carboxylic acids is 1. The summed E-state index contributed by atoms with van der Waals surface area (Å²) in [5.41, 5.74) is 0. The topological polar surface area (TPSA) is 60.9 Å². The minimum Gasteiger partial charge on any atom is -0.339 e. The summed E-state index contributed by atoms with van der Waals surface area (Å²) in [7, 11) is -3.55.